The van der Waals surface area contributed by atoms with E-state index in [4.69, 9.17) is 14.5 Å². The smallest absolute Gasteiger partial charge is 0.151 e. The van der Waals surface area contributed by atoms with Crippen LogP contribution in [0.2, 0.25) is 0 Å². The van der Waals surface area contributed by atoms with Crippen LogP contribution < -0.4 is 9.47 Å². The molecule has 0 N–H and O–H groups in total. The molecule has 4 heteroatoms. The molecular formula is C27H28N2O2. The Labute approximate surface area is 183 Å². The lowest BCUT2D eigenvalue weighted by atomic mass is 9.44. The van der Waals surface area contributed by atoms with E-state index in [1.165, 1.54) is 22.3 Å². The zero-order chi connectivity index (χ0) is 21.1. The van der Waals surface area contributed by atoms with E-state index in [0.717, 1.165) is 53.9 Å². The second-order valence-corrected chi connectivity index (χ2v) is 10.3. The predicted molar refractivity (Wildman–Crippen MR) is 121 cm³/mol. The van der Waals surface area contributed by atoms with Gasteiger partial charge in [0.15, 0.2) is 6.10 Å². The van der Waals surface area contributed by atoms with Crippen molar-refractivity contribution in [3.63, 3.8) is 0 Å². The maximum Gasteiger partial charge on any atom is 0.151 e. The Kier molecular flexibility index (Phi) is 3.26. The number of nitrogens with zero attached hydrogens (tertiary/aromatic N) is 2. The maximum atomic E-state index is 6.95. The highest BCUT2D eigenvalue weighted by atomic mass is 16.5. The first-order valence-electron chi connectivity index (χ1n) is 11.4. The van der Waals surface area contributed by atoms with Gasteiger partial charge in [-0.1, -0.05) is 31.2 Å². The van der Waals surface area contributed by atoms with Crippen molar-refractivity contribution >= 4 is 10.9 Å². The first kappa shape index (κ1) is 18.0. The SMILES string of the molecule is COc1c2c(nc3ccccc13)C1Oc3c(C)ccc4c3[C@@]13CCN(C)[C@H](C4)[C@]3(C)C2. The van der Waals surface area contributed by atoms with Crippen LogP contribution in [0.3, 0.4) is 0 Å². The standard InChI is InChI=1S/C27H28N2O2/c1-15-9-10-16-13-20-26(2)14-18-22(28-19-8-6-5-7-17(19)24(18)30-4)25-27(26,11-12-29(20)3)21(16)23(15)31-25/h5-10,20,25H,11-14H2,1-4H3/t20-,25?,26+,27+/m1/s1. The number of aryl methyl sites for hydroxylation is 1. The number of likely N-dealkylation sites (N-methyl/N-ethyl adjacent to an activating group) is 1. The molecule has 4 atom stereocenters. The van der Waals surface area contributed by atoms with Crippen molar-refractivity contribution in [2.24, 2.45) is 5.41 Å². The molecule has 31 heavy (non-hydrogen) atoms. The molecule has 0 amide bonds. The van der Waals surface area contributed by atoms with Crippen LogP contribution in [0.5, 0.6) is 11.5 Å². The number of aromatic nitrogens is 1. The Balaban J connectivity index is 1.61. The number of pyridine rings is 1. The topological polar surface area (TPSA) is 34.6 Å². The number of hydrogen-bond acceptors (Lipinski definition) is 4. The molecule has 3 aromatic rings. The molecule has 1 unspecified atom stereocenters. The van der Waals surface area contributed by atoms with Crippen molar-refractivity contribution in [1.82, 2.24) is 9.88 Å². The van der Waals surface area contributed by atoms with Crippen molar-refractivity contribution in [3.8, 4) is 11.5 Å². The molecule has 2 aliphatic carbocycles. The molecule has 1 fully saturated rings. The summed E-state index contributed by atoms with van der Waals surface area (Å²) in [6, 6.07) is 13.5. The third kappa shape index (κ3) is 1.87. The molecule has 2 aromatic carbocycles. The summed E-state index contributed by atoms with van der Waals surface area (Å²) in [6.45, 7) is 5.81. The molecular weight excluding hydrogens is 384 g/mol. The van der Waals surface area contributed by atoms with E-state index >= 15 is 0 Å². The van der Waals surface area contributed by atoms with E-state index in [9.17, 15) is 0 Å². The molecule has 2 bridgehead atoms. The largest absolute Gasteiger partial charge is 0.496 e. The molecule has 4 aliphatic rings. The van der Waals surface area contributed by atoms with E-state index in [-0.39, 0.29) is 16.9 Å². The van der Waals surface area contributed by atoms with Crippen molar-refractivity contribution < 1.29 is 9.47 Å². The highest BCUT2D eigenvalue weighted by molar-refractivity contribution is 5.87. The van der Waals surface area contributed by atoms with Crippen LogP contribution in [0.4, 0.5) is 0 Å². The molecule has 0 saturated carbocycles. The number of piperidine rings is 1. The van der Waals surface area contributed by atoms with Crippen LogP contribution in [0.1, 0.15) is 47.4 Å². The molecule has 1 saturated heterocycles. The summed E-state index contributed by atoms with van der Waals surface area (Å²) in [5.41, 5.74) is 7.61. The summed E-state index contributed by atoms with van der Waals surface area (Å²) in [5.74, 6) is 2.11. The Morgan fingerprint density at radius 2 is 2.03 bits per heavy atom. The summed E-state index contributed by atoms with van der Waals surface area (Å²) in [4.78, 5) is 7.83. The Morgan fingerprint density at radius 1 is 1.19 bits per heavy atom. The number of rotatable bonds is 1. The lowest BCUT2D eigenvalue weighted by Gasteiger charge is -2.64. The van der Waals surface area contributed by atoms with Gasteiger partial charge in [-0.3, -0.25) is 0 Å². The van der Waals surface area contributed by atoms with Crippen LogP contribution >= 0.6 is 0 Å². The molecule has 1 aromatic heterocycles. The second-order valence-electron chi connectivity index (χ2n) is 10.3. The number of para-hydroxylation sites is 1. The van der Waals surface area contributed by atoms with Gasteiger partial charge in [-0.2, -0.15) is 0 Å². The third-order valence-electron chi connectivity index (χ3n) is 9.10. The van der Waals surface area contributed by atoms with Crippen molar-refractivity contribution in [2.75, 3.05) is 20.7 Å². The number of ether oxygens (including phenoxy) is 2. The van der Waals surface area contributed by atoms with Crippen molar-refractivity contribution in [2.45, 2.75) is 50.7 Å². The van der Waals surface area contributed by atoms with Gasteiger partial charge in [0.25, 0.3) is 0 Å². The van der Waals surface area contributed by atoms with Crippen LogP contribution in [-0.2, 0) is 18.3 Å². The highest BCUT2D eigenvalue weighted by Gasteiger charge is 2.70. The second kappa shape index (κ2) is 5.60. The van der Waals surface area contributed by atoms with Crippen molar-refractivity contribution in [1.29, 1.82) is 0 Å². The minimum absolute atomic E-state index is 0.0212. The average Bonchev–Trinajstić information content (AvgIpc) is 3.12. The van der Waals surface area contributed by atoms with Gasteiger partial charge in [-0.05, 0) is 63.0 Å². The zero-order valence-electron chi connectivity index (χ0n) is 18.7. The molecule has 0 radical (unpaired) electrons. The summed E-state index contributed by atoms with van der Waals surface area (Å²) in [5, 5.41) is 1.10. The van der Waals surface area contributed by atoms with Gasteiger partial charge in [0.1, 0.15) is 11.5 Å². The van der Waals surface area contributed by atoms with Crippen molar-refractivity contribution in [3.05, 3.63) is 64.3 Å². The quantitative estimate of drug-likeness (QED) is 0.578. The van der Waals surface area contributed by atoms with Gasteiger partial charge in [-0.25, -0.2) is 4.98 Å². The number of likely N-dealkylation sites (tertiary alicyclic amines) is 1. The fourth-order valence-electron chi connectivity index (χ4n) is 7.69. The third-order valence-corrected chi connectivity index (χ3v) is 9.10. The Morgan fingerprint density at radius 3 is 2.87 bits per heavy atom. The first-order valence-corrected chi connectivity index (χ1v) is 11.4. The van der Waals surface area contributed by atoms with Crippen LogP contribution in [0.25, 0.3) is 10.9 Å². The number of benzene rings is 2. The number of fused-ring (bicyclic) bond motifs is 3. The Hall–Kier alpha value is -2.59. The minimum Gasteiger partial charge on any atom is -0.496 e. The number of methoxy groups -OCH3 is 1. The van der Waals surface area contributed by atoms with Gasteiger partial charge in [0.2, 0.25) is 0 Å². The van der Waals surface area contributed by atoms with Crippen LogP contribution in [-0.4, -0.2) is 36.6 Å². The summed E-state index contributed by atoms with van der Waals surface area (Å²) in [6.07, 6.45) is 3.13. The zero-order valence-corrected chi connectivity index (χ0v) is 18.7. The van der Waals surface area contributed by atoms with Gasteiger partial charge < -0.3 is 14.4 Å². The lowest BCUT2D eigenvalue weighted by molar-refractivity contribution is -0.0913. The number of hydrogen-bond donors (Lipinski definition) is 0. The molecule has 158 valence electrons. The van der Waals surface area contributed by atoms with Gasteiger partial charge in [-0.15, -0.1) is 0 Å². The summed E-state index contributed by atoms with van der Waals surface area (Å²) < 4.78 is 13.0. The summed E-state index contributed by atoms with van der Waals surface area (Å²) in [7, 11) is 4.11. The fourth-order valence-corrected chi connectivity index (χ4v) is 7.69. The monoisotopic (exact) mass is 412 g/mol. The first-order chi connectivity index (χ1) is 15.0. The van der Waals surface area contributed by atoms with E-state index in [1.807, 2.05) is 0 Å². The lowest BCUT2D eigenvalue weighted by Crippen LogP contribution is -2.68. The molecule has 7 rings (SSSR count). The molecule has 3 heterocycles. The molecule has 2 aliphatic heterocycles. The molecule has 1 spiro atoms. The minimum atomic E-state index is -0.0499. The van der Waals surface area contributed by atoms with E-state index in [0.29, 0.717) is 6.04 Å². The Bertz CT molecular complexity index is 1280. The van der Waals surface area contributed by atoms with Gasteiger partial charge in [0, 0.05) is 28.0 Å². The molecule has 4 nitrogen and oxygen atoms in total. The maximum absolute atomic E-state index is 6.95. The van der Waals surface area contributed by atoms with E-state index < -0.39 is 0 Å². The van der Waals surface area contributed by atoms with E-state index in [1.54, 1.807) is 7.11 Å². The average molecular weight is 413 g/mol. The summed E-state index contributed by atoms with van der Waals surface area (Å²) >= 11 is 0. The highest BCUT2D eigenvalue weighted by Crippen LogP contribution is 2.71. The van der Waals surface area contributed by atoms with Crippen LogP contribution in [0, 0.1) is 12.3 Å². The van der Waals surface area contributed by atoms with Gasteiger partial charge in [0.05, 0.1) is 23.7 Å². The fraction of sp³-hybridized carbons (Fsp3) is 0.444. The normalized spacial score (nSPS) is 32.4. The van der Waals surface area contributed by atoms with Crippen LogP contribution in [0.15, 0.2) is 36.4 Å². The predicted octanol–water partition coefficient (Wildman–Crippen LogP) is 4.75. The van der Waals surface area contributed by atoms with Gasteiger partial charge >= 0.3 is 0 Å². The van der Waals surface area contributed by atoms with E-state index in [2.05, 4.69) is 62.2 Å².